The molecule has 0 saturated heterocycles. The zero-order valence-electron chi connectivity index (χ0n) is 9.73. The van der Waals surface area contributed by atoms with Crippen molar-refractivity contribution in [3.8, 4) is 5.88 Å². The van der Waals surface area contributed by atoms with Gasteiger partial charge in [0.1, 0.15) is 11.9 Å². The molecule has 1 saturated carbocycles. The highest BCUT2D eigenvalue weighted by molar-refractivity contribution is 5.96. The summed E-state index contributed by atoms with van der Waals surface area (Å²) < 4.78 is 5.81. The highest BCUT2D eigenvalue weighted by Gasteiger charge is 2.21. The molecule has 0 aliphatic heterocycles. The lowest BCUT2D eigenvalue weighted by Gasteiger charge is -2.26. The minimum atomic E-state index is -0.0133. The number of aromatic nitrogens is 1. The Balaban J connectivity index is 2.05. The third-order valence-electron chi connectivity index (χ3n) is 3.06. The topological polar surface area (TPSA) is 98.0 Å². The van der Waals surface area contributed by atoms with Crippen molar-refractivity contribution in [3.63, 3.8) is 0 Å². The molecular weight excluding hydrogens is 216 g/mol. The molecule has 1 heterocycles. The Morgan fingerprint density at radius 2 is 2.06 bits per heavy atom. The van der Waals surface area contributed by atoms with E-state index in [-0.39, 0.29) is 11.9 Å². The summed E-state index contributed by atoms with van der Waals surface area (Å²) in [5.74, 6) is 0.445. The number of hydrogen-bond donors (Lipinski definition) is 3. The van der Waals surface area contributed by atoms with E-state index in [1.807, 2.05) is 0 Å². The van der Waals surface area contributed by atoms with Crippen LogP contribution in [-0.2, 0) is 0 Å². The van der Waals surface area contributed by atoms with Crippen LogP contribution in [0.25, 0.3) is 0 Å². The molecular formula is C12H18N4O. The van der Waals surface area contributed by atoms with E-state index in [9.17, 15) is 0 Å². The first kappa shape index (κ1) is 11.9. The minimum absolute atomic E-state index is 0.0133. The lowest BCUT2D eigenvalue weighted by Crippen LogP contribution is -2.32. The molecule has 0 atom stereocenters. The van der Waals surface area contributed by atoms with Crippen molar-refractivity contribution in [3.05, 3.63) is 23.9 Å². The van der Waals surface area contributed by atoms with Crippen LogP contribution in [0.5, 0.6) is 5.88 Å². The van der Waals surface area contributed by atoms with E-state index < -0.39 is 0 Å². The lowest BCUT2D eigenvalue weighted by molar-refractivity contribution is 0.141. The minimum Gasteiger partial charge on any atom is -0.474 e. The van der Waals surface area contributed by atoms with Gasteiger partial charge < -0.3 is 16.2 Å². The highest BCUT2D eigenvalue weighted by atomic mass is 16.5. The van der Waals surface area contributed by atoms with Crippen molar-refractivity contribution in [1.29, 1.82) is 5.41 Å². The molecule has 1 aromatic heterocycles. The standard InChI is InChI=1S/C12H18N4O/c13-8-3-5-9(6-4-8)17-12-10(11(14)15)2-1-7-16-12/h1-2,7-9H,3-6,13H2,(H3,14,15)/t8-,9-. The number of nitrogens with two attached hydrogens (primary N) is 2. The van der Waals surface area contributed by atoms with Crippen LogP contribution in [0.1, 0.15) is 31.2 Å². The van der Waals surface area contributed by atoms with Gasteiger partial charge >= 0.3 is 0 Å². The van der Waals surface area contributed by atoms with Gasteiger partial charge in [-0.1, -0.05) is 0 Å². The first-order valence-corrected chi connectivity index (χ1v) is 5.88. The van der Waals surface area contributed by atoms with Gasteiger partial charge in [-0.2, -0.15) is 0 Å². The van der Waals surface area contributed by atoms with Gasteiger partial charge in [0.05, 0.1) is 5.56 Å². The normalized spacial score (nSPS) is 24.3. The molecule has 0 bridgehead atoms. The average Bonchev–Trinajstić information content (AvgIpc) is 2.32. The predicted octanol–water partition coefficient (Wildman–Crippen LogP) is 1.01. The van der Waals surface area contributed by atoms with Gasteiger partial charge in [0.15, 0.2) is 0 Å². The van der Waals surface area contributed by atoms with Gasteiger partial charge in [0.2, 0.25) is 5.88 Å². The summed E-state index contributed by atoms with van der Waals surface area (Å²) in [6, 6.07) is 3.80. The van der Waals surface area contributed by atoms with E-state index in [2.05, 4.69) is 4.98 Å². The highest BCUT2D eigenvalue weighted by Crippen LogP contribution is 2.23. The molecule has 5 heteroatoms. The maximum absolute atomic E-state index is 7.46. The molecule has 0 amide bonds. The molecule has 5 N–H and O–H groups in total. The Kier molecular flexibility index (Phi) is 3.58. The summed E-state index contributed by atoms with van der Waals surface area (Å²) in [6.07, 6.45) is 5.63. The molecule has 5 nitrogen and oxygen atoms in total. The Labute approximate surface area is 101 Å². The summed E-state index contributed by atoms with van der Waals surface area (Å²) in [7, 11) is 0. The molecule has 2 rings (SSSR count). The number of nitrogen functional groups attached to an aromatic ring is 1. The smallest absolute Gasteiger partial charge is 0.224 e. The molecule has 1 aromatic rings. The van der Waals surface area contributed by atoms with E-state index in [0.29, 0.717) is 17.5 Å². The summed E-state index contributed by atoms with van der Waals surface area (Å²) in [5, 5.41) is 7.46. The second-order valence-electron chi connectivity index (χ2n) is 4.42. The molecule has 1 aliphatic carbocycles. The van der Waals surface area contributed by atoms with Crippen LogP contribution < -0.4 is 16.2 Å². The van der Waals surface area contributed by atoms with E-state index in [1.54, 1.807) is 18.3 Å². The Hall–Kier alpha value is -1.62. The Morgan fingerprint density at radius 3 is 2.71 bits per heavy atom. The zero-order chi connectivity index (χ0) is 12.3. The van der Waals surface area contributed by atoms with Crippen LogP contribution in [0, 0.1) is 5.41 Å². The van der Waals surface area contributed by atoms with Crippen LogP contribution in [-0.4, -0.2) is 23.0 Å². The maximum atomic E-state index is 7.46. The quantitative estimate of drug-likeness (QED) is 0.537. The number of pyridine rings is 1. The van der Waals surface area contributed by atoms with Crippen LogP contribution in [0.4, 0.5) is 0 Å². The average molecular weight is 234 g/mol. The van der Waals surface area contributed by atoms with Gasteiger partial charge in [0, 0.05) is 12.2 Å². The van der Waals surface area contributed by atoms with Gasteiger partial charge in [-0.25, -0.2) is 4.98 Å². The fraction of sp³-hybridized carbons (Fsp3) is 0.500. The Bertz CT molecular complexity index is 399. The Morgan fingerprint density at radius 1 is 1.35 bits per heavy atom. The van der Waals surface area contributed by atoms with Crippen LogP contribution in [0.3, 0.4) is 0 Å². The number of rotatable bonds is 3. The first-order valence-electron chi connectivity index (χ1n) is 5.88. The molecule has 0 radical (unpaired) electrons. The lowest BCUT2D eigenvalue weighted by atomic mass is 9.94. The van der Waals surface area contributed by atoms with Gasteiger partial charge in [0.25, 0.3) is 0 Å². The molecule has 0 aromatic carbocycles. The summed E-state index contributed by atoms with van der Waals surface area (Å²) in [4.78, 5) is 4.14. The molecule has 92 valence electrons. The van der Waals surface area contributed by atoms with Crippen molar-refractivity contribution in [2.24, 2.45) is 11.5 Å². The van der Waals surface area contributed by atoms with Gasteiger partial charge in [-0.15, -0.1) is 0 Å². The fourth-order valence-electron chi connectivity index (χ4n) is 2.05. The third kappa shape index (κ3) is 2.94. The zero-order valence-corrected chi connectivity index (χ0v) is 9.73. The molecule has 17 heavy (non-hydrogen) atoms. The van der Waals surface area contributed by atoms with Crippen molar-refractivity contribution in [1.82, 2.24) is 4.98 Å². The SMILES string of the molecule is N=C(N)c1cccnc1O[C@H]1CC[C@H](N)CC1. The van der Waals surface area contributed by atoms with Crippen molar-refractivity contribution >= 4 is 5.84 Å². The van der Waals surface area contributed by atoms with Crippen molar-refractivity contribution < 1.29 is 4.74 Å². The van der Waals surface area contributed by atoms with E-state index in [4.69, 9.17) is 21.6 Å². The van der Waals surface area contributed by atoms with Crippen LogP contribution in [0.2, 0.25) is 0 Å². The third-order valence-corrected chi connectivity index (χ3v) is 3.06. The summed E-state index contributed by atoms with van der Waals surface area (Å²) in [6.45, 7) is 0. The fourth-order valence-corrected chi connectivity index (χ4v) is 2.05. The second-order valence-corrected chi connectivity index (χ2v) is 4.42. The van der Waals surface area contributed by atoms with Crippen molar-refractivity contribution in [2.75, 3.05) is 0 Å². The first-order chi connectivity index (χ1) is 8.16. The van der Waals surface area contributed by atoms with Gasteiger partial charge in [-0.05, 0) is 37.8 Å². The van der Waals surface area contributed by atoms with Crippen molar-refractivity contribution in [2.45, 2.75) is 37.8 Å². The molecule has 0 unspecified atom stereocenters. The number of ether oxygens (including phenoxy) is 1. The van der Waals surface area contributed by atoms with E-state index in [0.717, 1.165) is 25.7 Å². The molecule has 1 fully saturated rings. The molecule has 1 aliphatic rings. The molecule has 0 spiro atoms. The largest absolute Gasteiger partial charge is 0.474 e. The summed E-state index contributed by atoms with van der Waals surface area (Å²) in [5.41, 5.74) is 11.9. The van der Waals surface area contributed by atoms with Crippen LogP contribution in [0.15, 0.2) is 18.3 Å². The summed E-state index contributed by atoms with van der Waals surface area (Å²) >= 11 is 0. The number of hydrogen-bond acceptors (Lipinski definition) is 4. The number of nitrogens with zero attached hydrogens (tertiary/aromatic N) is 1. The maximum Gasteiger partial charge on any atom is 0.224 e. The van der Waals surface area contributed by atoms with Gasteiger partial charge in [-0.3, -0.25) is 5.41 Å². The van der Waals surface area contributed by atoms with Crippen LogP contribution >= 0.6 is 0 Å². The number of nitrogens with one attached hydrogen (secondary N) is 1. The second kappa shape index (κ2) is 5.14. The van der Waals surface area contributed by atoms with E-state index in [1.165, 1.54) is 0 Å². The monoisotopic (exact) mass is 234 g/mol. The predicted molar refractivity (Wildman–Crippen MR) is 66.1 cm³/mol. The van der Waals surface area contributed by atoms with E-state index >= 15 is 0 Å². The number of amidine groups is 1.